The van der Waals surface area contributed by atoms with Crippen LogP contribution in [0.25, 0.3) is 10.9 Å². The van der Waals surface area contributed by atoms with Crippen LogP contribution in [-0.4, -0.2) is 111 Å². The largest absolute Gasteiger partial charge is 0.495 e. The Morgan fingerprint density at radius 3 is 2.03 bits per heavy atom. The molecule has 2 heterocycles. The summed E-state index contributed by atoms with van der Waals surface area (Å²) in [4.78, 5) is 62.0. The summed E-state index contributed by atoms with van der Waals surface area (Å²) in [5.41, 5.74) is -4.18. The van der Waals surface area contributed by atoms with Gasteiger partial charge in [-0.1, -0.05) is 72.4 Å². The first-order chi connectivity index (χ1) is 32.0. The number of carbonyl (C=O) groups is 4. The van der Waals surface area contributed by atoms with E-state index in [1.54, 1.807) is 66.7 Å². The molecule has 5 atom stereocenters. The van der Waals surface area contributed by atoms with Gasteiger partial charge in [0.15, 0.2) is 0 Å². The molecule has 0 spiro atoms. The number of carbonyl (C=O) groups excluding carboxylic acids is 4. The van der Waals surface area contributed by atoms with E-state index in [-0.39, 0.29) is 36.2 Å². The first-order valence-corrected chi connectivity index (χ1v) is 26.8. The maximum Gasteiger partial charge on any atom is 0.408 e. The Hall–Kier alpha value is -4.22. The Morgan fingerprint density at radius 2 is 1.54 bits per heavy atom. The molecule has 0 bridgehead atoms. The molecule has 1 saturated heterocycles. The number of nitrogens with one attached hydrogen (secondary N) is 3. The van der Waals surface area contributed by atoms with Crippen LogP contribution in [0.4, 0.5) is 4.79 Å². The number of fused-ring (bicyclic) bond motifs is 1. The number of likely N-dealkylation sites (tertiary alicyclic amines) is 1. The van der Waals surface area contributed by atoms with Gasteiger partial charge in [-0.25, -0.2) is 23.8 Å². The predicted molar refractivity (Wildman–Crippen MR) is 257 cm³/mol. The highest BCUT2D eigenvalue weighted by atomic mass is 35.5. The molecule has 1 aliphatic heterocycles. The highest BCUT2D eigenvalue weighted by Crippen LogP contribution is 2.48. The van der Waals surface area contributed by atoms with Gasteiger partial charge >= 0.3 is 26.7 Å². The van der Waals surface area contributed by atoms with Crippen molar-refractivity contribution in [2.45, 2.75) is 180 Å². The molecule has 20 nitrogen and oxygen atoms in total. The summed E-state index contributed by atoms with van der Waals surface area (Å²) in [6.07, 6.45) is 4.69. The summed E-state index contributed by atoms with van der Waals surface area (Å²) in [6.45, 7) is 18.2. The molecule has 0 radical (unpaired) electrons. The molecule has 388 valence electrons. The van der Waals surface area contributed by atoms with E-state index in [1.165, 1.54) is 12.0 Å². The standard InChI is InChI=1S/C40H58ClN5O11S.C6H13NO3S/c1-11-16-39(17-18-39)57-58(51,52)45-35(49)40(21-23(40)12-2)44-33(47)26-19-24(22-46(26)34(48)32(37(4,5)6)43-36(50)56-38(7,8)9)55-28-20-29(54-13-3)42-31-25(28)14-15-27(53-10)30(31)41;1-2-3-6(4-5-6)10-11(7,8)9/h14-15,20,23-24,26,32H,11-13,16-19,21-22H2,1-10H3,(H,43,50)(H,44,47)(H,45,49);2-5H2,1H3,(H2,7,8,9)/t23-,24-,26+,32-,40-;/m1./s1. The normalized spacial score (nSPS) is 22.9. The van der Waals surface area contributed by atoms with Gasteiger partial charge in [0, 0.05) is 17.9 Å². The molecule has 23 heteroatoms. The van der Waals surface area contributed by atoms with Crippen molar-refractivity contribution in [3.05, 3.63) is 23.2 Å². The minimum Gasteiger partial charge on any atom is -0.495 e. The van der Waals surface area contributed by atoms with Crippen molar-refractivity contribution in [1.82, 2.24) is 25.2 Å². The van der Waals surface area contributed by atoms with Crippen LogP contribution in [0.2, 0.25) is 5.02 Å². The number of amides is 4. The molecule has 0 unspecified atom stereocenters. The highest BCUT2D eigenvalue weighted by molar-refractivity contribution is 7.85. The van der Waals surface area contributed by atoms with Crippen LogP contribution >= 0.6 is 11.6 Å². The summed E-state index contributed by atoms with van der Waals surface area (Å²) in [6, 6.07) is 2.63. The summed E-state index contributed by atoms with van der Waals surface area (Å²) in [5.74, 6) is -1.65. The minimum atomic E-state index is -4.50. The van der Waals surface area contributed by atoms with Crippen LogP contribution in [0.15, 0.2) is 18.2 Å². The first-order valence-electron chi connectivity index (χ1n) is 23.6. The van der Waals surface area contributed by atoms with Crippen LogP contribution in [0.3, 0.4) is 0 Å². The van der Waals surface area contributed by atoms with E-state index in [1.807, 2.05) is 20.8 Å². The van der Waals surface area contributed by atoms with E-state index in [2.05, 4.69) is 20.3 Å². The summed E-state index contributed by atoms with van der Waals surface area (Å²) in [7, 11) is -6.76. The molecule has 3 aliphatic carbocycles. The van der Waals surface area contributed by atoms with Crippen LogP contribution in [0, 0.1) is 11.3 Å². The topological polar surface area (TPSA) is 270 Å². The van der Waals surface area contributed by atoms with Crippen molar-refractivity contribution in [3.63, 3.8) is 0 Å². The Balaban J connectivity index is 0.000000709. The maximum atomic E-state index is 14.7. The smallest absolute Gasteiger partial charge is 0.408 e. The SMILES string of the molecule is CCCC1(OS(=O)(=O)NC(=O)[C@@]2(NC(=O)[C@@H]3C[C@@H](Oc4cc(OCC)nc5c(Cl)c(OC)ccc45)CN3C(=O)[C@@H](NC(=O)OC(C)(C)C)C(C)(C)C)C[C@H]2CC)CC1.CCCC1(OS(N)(=O)=O)CC1. The summed E-state index contributed by atoms with van der Waals surface area (Å²) >= 11 is 6.67. The minimum absolute atomic E-state index is 0.0337. The van der Waals surface area contributed by atoms with E-state index >= 15 is 0 Å². The molecule has 4 amide bonds. The van der Waals surface area contributed by atoms with Gasteiger partial charge in [0.1, 0.15) is 51.4 Å². The zero-order valence-electron chi connectivity index (χ0n) is 41.6. The second-order valence-corrected chi connectivity index (χ2v) is 23.3. The number of hydrogen-bond acceptors (Lipinski definition) is 15. The third kappa shape index (κ3) is 14.5. The lowest BCUT2D eigenvalue weighted by molar-refractivity contribution is -0.143. The molecule has 4 aliphatic rings. The third-order valence-corrected chi connectivity index (χ3v) is 14.4. The van der Waals surface area contributed by atoms with Crippen molar-refractivity contribution in [1.29, 1.82) is 0 Å². The quantitative estimate of drug-likeness (QED) is 0.116. The molecule has 1 aromatic carbocycles. The van der Waals surface area contributed by atoms with Gasteiger partial charge in [-0.05, 0) is 96.1 Å². The fourth-order valence-corrected chi connectivity index (χ4v) is 10.9. The number of nitrogens with two attached hydrogens (primary N) is 1. The van der Waals surface area contributed by atoms with E-state index in [0.29, 0.717) is 61.1 Å². The van der Waals surface area contributed by atoms with Gasteiger partial charge in [-0.2, -0.15) is 16.8 Å². The van der Waals surface area contributed by atoms with E-state index in [4.69, 9.17) is 44.1 Å². The van der Waals surface area contributed by atoms with E-state index in [0.717, 1.165) is 25.7 Å². The fourth-order valence-electron chi connectivity index (χ4n) is 8.72. The lowest BCUT2D eigenvalue weighted by atomic mass is 9.85. The summed E-state index contributed by atoms with van der Waals surface area (Å²) in [5, 5.41) is 11.0. The average molecular weight is 1030 g/mol. The van der Waals surface area contributed by atoms with Gasteiger partial charge in [0.05, 0.1) is 31.5 Å². The van der Waals surface area contributed by atoms with Gasteiger partial charge < -0.3 is 34.5 Å². The number of ether oxygens (including phenoxy) is 4. The molecule has 69 heavy (non-hydrogen) atoms. The average Bonchev–Trinajstić information content (AvgIpc) is 4.19. The predicted octanol–water partition coefficient (Wildman–Crippen LogP) is 6.12. The maximum absolute atomic E-state index is 14.7. The highest BCUT2D eigenvalue weighted by Gasteiger charge is 2.62. The Labute approximate surface area is 411 Å². The number of alkyl carbamates (subject to hydrolysis) is 1. The molecule has 1 aromatic heterocycles. The van der Waals surface area contributed by atoms with E-state index < -0.39 is 90.4 Å². The van der Waals surface area contributed by atoms with Gasteiger partial charge in [-0.3, -0.25) is 18.6 Å². The van der Waals surface area contributed by atoms with Crippen molar-refractivity contribution < 1.29 is 63.3 Å². The number of benzene rings is 1. The molecule has 3 saturated carbocycles. The first kappa shape index (κ1) is 55.7. The number of rotatable bonds is 20. The third-order valence-electron chi connectivity index (χ3n) is 12.4. The number of nitrogens with zero attached hydrogens (tertiary/aromatic N) is 2. The molecule has 4 fully saturated rings. The van der Waals surface area contributed by atoms with Crippen LogP contribution in [0.5, 0.6) is 17.4 Å². The number of hydrogen-bond donors (Lipinski definition) is 4. The van der Waals surface area contributed by atoms with Crippen molar-refractivity contribution in [3.8, 4) is 17.4 Å². The van der Waals surface area contributed by atoms with E-state index in [9.17, 15) is 36.0 Å². The molecule has 6 rings (SSSR count). The Morgan fingerprint density at radius 1 is 0.928 bits per heavy atom. The Kier molecular flexibility index (Phi) is 17.2. The summed E-state index contributed by atoms with van der Waals surface area (Å²) < 4.78 is 82.6. The van der Waals surface area contributed by atoms with Crippen LogP contribution < -0.4 is 34.7 Å². The zero-order valence-corrected chi connectivity index (χ0v) is 44.0. The number of pyridine rings is 1. The Bertz CT molecular complexity index is 2450. The second-order valence-electron chi connectivity index (χ2n) is 20.5. The molecular weight excluding hydrogens is 960 g/mol. The van der Waals surface area contributed by atoms with Crippen LogP contribution in [-0.2, 0) is 48.1 Å². The second kappa shape index (κ2) is 21.2. The van der Waals surface area contributed by atoms with Gasteiger partial charge in [0.2, 0.25) is 17.7 Å². The van der Waals surface area contributed by atoms with Crippen LogP contribution in [0.1, 0.15) is 140 Å². The fraction of sp³-hybridized carbons (Fsp3) is 0.717. The molecule has 2 aromatic rings. The van der Waals surface area contributed by atoms with Crippen molar-refractivity contribution >= 4 is 66.9 Å². The number of halogens is 1. The van der Waals surface area contributed by atoms with Crippen molar-refractivity contribution in [2.75, 3.05) is 20.3 Å². The van der Waals surface area contributed by atoms with Gasteiger partial charge in [0.25, 0.3) is 5.91 Å². The number of aromatic nitrogens is 1. The lowest BCUT2D eigenvalue weighted by Crippen LogP contribution is -2.60. The molecular formula is C46H71ClN6O14S2. The number of methoxy groups -OCH3 is 1. The monoisotopic (exact) mass is 1030 g/mol. The van der Waals surface area contributed by atoms with Gasteiger partial charge in [-0.15, -0.1) is 0 Å². The zero-order chi connectivity index (χ0) is 51.5. The van der Waals surface area contributed by atoms with Crippen molar-refractivity contribution in [2.24, 2.45) is 16.5 Å². The molecule has 5 N–H and O–H groups in total. The lowest BCUT2D eigenvalue weighted by Gasteiger charge is -2.36.